The van der Waals surface area contributed by atoms with E-state index in [0.29, 0.717) is 19.1 Å². The first-order valence-electron chi connectivity index (χ1n) is 9.75. The molecule has 0 bridgehead atoms. The highest BCUT2D eigenvalue weighted by molar-refractivity contribution is 5.81. The molecule has 1 aromatic rings. The molecule has 152 valence electrons. The molecule has 1 aromatic carbocycles. The first-order chi connectivity index (χ1) is 12.7. The Morgan fingerprint density at radius 1 is 1.11 bits per heavy atom. The number of benzene rings is 1. The number of rotatable bonds is 11. The van der Waals surface area contributed by atoms with Gasteiger partial charge in [-0.05, 0) is 29.2 Å². The average Bonchev–Trinajstić information content (AvgIpc) is 2.59. The van der Waals surface area contributed by atoms with Crippen LogP contribution >= 0.6 is 0 Å². The van der Waals surface area contributed by atoms with Crippen molar-refractivity contribution in [1.82, 2.24) is 0 Å². The zero-order chi connectivity index (χ0) is 20.3. The monoisotopic (exact) mass is 376 g/mol. The predicted octanol–water partition coefficient (Wildman–Crippen LogP) is 5.37. The fourth-order valence-corrected chi connectivity index (χ4v) is 2.72. The van der Waals surface area contributed by atoms with Crippen molar-refractivity contribution in [2.75, 3.05) is 13.4 Å². The Hall–Kier alpha value is -1.65. The maximum atomic E-state index is 11.8. The number of allylic oxidation sites excluding steroid dienone is 1. The van der Waals surface area contributed by atoms with Gasteiger partial charge >= 0.3 is 5.97 Å². The molecule has 0 unspecified atom stereocenters. The summed E-state index contributed by atoms with van der Waals surface area (Å²) in [7, 11) is 0. The first-order valence-corrected chi connectivity index (χ1v) is 9.75. The van der Waals surface area contributed by atoms with E-state index in [0.717, 1.165) is 12.0 Å². The van der Waals surface area contributed by atoms with E-state index in [4.69, 9.17) is 14.2 Å². The van der Waals surface area contributed by atoms with Crippen LogP contribution in [-0.2, 0) is 25.6 Å². The standard InChI is InChI=1S/C23H36O4/c1-18(2)22(27-17-25-15-20-12-8-7-9-13-20)19(3)11-10-14-21(24)26-16-23(4,5)6/h7-10,12-14,18-19,22H,11,15-17H2,1-6H3/b14-10+/t19-,22+/m0/s1. The van der Waals surface area contributed by atoms with Gasteiger partial charge in [-0.1, -0.05) is 78.0 Å². The van der Waals surface area contributed by atoms with E-state index in [1.165, 1.54) is 6.08 Å². The minimum Gasteiger partial charge on any atom is -0.462 e. The van der Waals surface area contributed by atoms with Crippen molar-refractivity contribution < 1.29 is 19.0 Å². The molecule has 0 aliphatic carbocycles. The van der Waals surface area contributed by atoms with Crippen molar-refractivity contribution in [2.45, 2.75) is 60.7 Å². The summed E-state index contributed by atoms with van der Waals surface area (Å²) >= 11 is 0. The van der Waals surface area contributed by atoms with E-state index < -0.39 is 0 Å². The molecule has 2 atom stereocenters. The van der Waals surface area contributed by atoms with Crippen molar-refractivity contribution in [2.24, 2.45) is 17.3 Å². The van der Waals surface area contributed by atoms with Crippen LogP contribution in [0.5, 0.6) is 0 Å². The summed E-state index contributed by atoms with van der Waals surface area (Å²) in [5.41, 5.74) is 1.11. The third-order valence-corrected chi connectivity index (χ3v) is 4.08. The lowest BCUT2D eigenvalue weighted by Crippen LogP contribution is -2.28. The molecule has 0 saturated heterocycles. The Bertz CT molecular complexity index is 557. The molecule has 0 N–H and O–H groups in total. The molecule has 27 heavy (non-hydrogen) atoms. The van der Waals surface area contributed by atoms with Gasteiger partial charge in [0.1, 0.15) is 6.79 Å². The van der Waals surface area contributed by atoms with Crippen LogP contribution in [0.25, 0.3) is 0 Å². The Labute approximate surface area is 164 Å². The Kier molecular flexibility index (Phi) is 10.3. The highest BCUT2D eigenvalue weighted by atomic mass is 16.7. The van der Waals surface area contributed by atoms with Gasteiger partial charge < -0.3 is 14.2 Å². The largest absolute Gasteiger partial charge is 0.462 e. The first kappa shape index (κ1) is 23.4. The summed E-state index contributed by atoms with van der Waals surface area (Å²) in [6.45, 7) is 13.7. The van der Waals surface area contributed by atoms with Crippen LogP contribution < -0.4 is 0 Å². The van der Waals surface area contributed by atoms with Crippen LogP contribution in [0.2, 0.25) is 0 Å². The molecule has 0 saturated carbocycles. The number of carbonyl (C=O) groups is 1. The van der Waals surface area contributed by atoms with Gasteiger partial charge in [0.05, 0.1) is 19.3 Å². The molecule has 0 radical (unpaired) electrons. The van der Waals surface area contributed by atoms with E-state index in [9.17, 15) is 4.79 Å². The maximum absolute atomic E-state index is 11.8. The van der Waals surface area contributed by atoms with E-state index in [1.54, 1.807) is 0 Å². The number of ether oxygens (including phenoxy) is 3. The van der Waals surface area contributed by atoms with Gasteiger partial charge in [0.2, 0.25) is 0 Å². The molecule has 0 aliphatic rings. The molecule has 4 nitrogen and oxygen atoms in total. The summed E-state index contributed by atoms with van der Waals surface area (Å²) in [6, 6.07) is 10.1. The zero-order valence-corrected chi connectivity index (χ0v) is 17.7. The van der Waals surface area contributed by atoms with Gasteiger partial charge in [0.15, 0.2) is 0 Å². The van der Waals surface area contributed by atoms with Gasteiger partial charge in [-0.2, -0.15) is 0 Å². The third-order valence-electron chi connectivity index (χ3n) is 4.08. The highest BCUT2D eigenvalue weighted by Crippen LogP contribution is 2.20. The van der Waals surface area contributed by atoms with Crippen LogP contribution in [0.3, 0.4) is 0 Å². The second-order valence-corrected chi connectivity index (χ2v) is 8.61. The van der Waals surface area contributed by atoms with Gasteiger partial charge in [-0.3, -0.25) is 0 Å². The molecule has 0 heterocycles. The molecule has 0 aromatic heterocycles. The van der Waals surface area contributed by atoms with E-state index in [1.807, 2.05) is 57.2 Å². The maximum Gasteiger partial charge on any atom is 0.330 e. The van der Waals surface area contributed by atoms with Crippen molar-refractivity contribution in [3.05, 3.63) is 48.0 Å². The van der Waals surface area contributed by atoms with Crippen molar-refractivity contribution in [3.8, 4) is 0 Å². The van der Waals surface area contributed by atoms with Crippen LogP contribution in [0.1, 0.15) is 53.5 Å². The molecular formula is C23H36O4. The number of hydrogen-bond acceptors (Lipinski definition) is 4. The van der Waals surface area contributed by atoms with Gasteiger partial charge in [0, 0.05) is 6.08 Å². The molecule has 4 heteroatoms. The van der Waals surface area contributed by atoms with Crippen LogP contribution in [0, 0.1) is 17.3 Å². The summed E-state index contributed by atoms with van der Waals surface area (Å²) in [6.07, 6.45) is 4.22. The minimum absolute atomic E-state index is 0.0207. The summed E-state index contributed by atoms with van der Waals surface area (Å²) < 4.78 is 16.8. The summed E-state index contributed by atoms with van der Waals surface area (Å²) in [4.78, 5) is 11.8. The fourth-order valence-electron chi connectivity index (χ4n) is 2.72. The van der Waals surface area contributed by atoms with Gasteiger partial charge in [-0.15, -0.1) is 0 Å². The fraction of sp³-hybridized carbons (Fsp3) is 0.609. The summed E-state index contributed by atoms with van der Waals surface area (Å²) in [5.74, 6) is 0.351. The smallest absolute Gasteiger partial charge is 0.330 e. The van der Waals surface area contributed by atoms with Crippen LogP contribution in [0.15, 0.2) is 42.5 Å². The molecule has 1 rings (SSSR count). The van der Waals surface area contributed by atoms with E-state index in [2.05, 4.69) is 20.8 Å². The van der Waals surface area contributed by atoms with Crippen molar-refractivity contribution >= 4 is 5.97 Å². The lowest BCUT2D eigenvalue weighted by molar-refractivity contribution is -0.140. The summed E-state index contributed by atoms with van der Waals surface area (Å²) in [5, 5.41) is 0. The molecule has 0 aliphatic heterocycles. The predicted molar refractivity (Wildman–Crippen MR) is 109 cm³/mol. The zero-order valence-electron chi connectivity index (χ0n) is 17.7. The lowest BCUT2D eigenvalue weighted by Gasteiger charge is -2.27. The van der Waals surface area contributed by atoms with Crippen LogP contribution in [0.4, 0.5) is 0 Å². The van der Waals surface area contributed by atoms with Gasteiger partial charge in [0.25, 0.3) is 0 Å². The Balaban J connectivity index is 2.35. The van der Waals surface area contributed by atoms with E-state index >= 15 is 0 Å². The van der Waals surface area contributed by atoms with Crippen LogP contribution in [-0.4, -0.2) is 25.5 Å². The Morgan fingerprint density at radius 2 is 1.78 bits per heavy atom. The lowest BCUT2D eigenvalue weighted by atomic mass is 9.92. The average molecular weight is 377 g/mol. The highest BCUT2D eigenvalue weighted by Gasteiger charge is 2.21. The van der Waals surface area contributed by atoms with Crippen molar-refractivity contribution in [3.63, 3.8) is 0 Å². The minimum atomic E-state index is -0.287. The van der Waals surface area contributed by atoms with Crippen molar-refractivity contribution in [1.29, 1.82) is 0 Å². The normalized spacial score (nSPS) is 14.5. The molecule has 0 amide bonds. The molecule has 0 spiro atoms. The number of carbonyl (C=O) groups excluding carboxylic acids is 1. The van der Waals surface area contributed by atoms with Gasteiger partial charge in [-0.25, -0.2) is 4.79 Å². The molecule has 0 fully saturated rings. The number of hydrogen-bond donors (Lipinski definition) is 0. The SMILES string of the molecule is CC(C)[C@@H](OCOCc1ccccc1)[C@@H](C)C/C=C/C(=O)OCC(C)(C)C. The third kappa shape index (κ3) is 10.9. The topological polar surface area (TPSA) is 44.8 Å². The quantitative estimate of drug-likeness (QED) is 0.225. The van der Waals surface area contributed by atoms with E-state index in [-0.39, 0.29) is 30.2 Å². The Morgan fingerprint density at radius 3 is 2.37 bits per heavy atom. The number of esters is 1. The second kappa shape index (κ2) is 11.9. The second-order valence-electron chi connectivity index (χ2n) is 8.61. The molecular weight excluding hydrogens is 340 g/mol.